The summed E-state index contributed by atoms with van der Waals surface area (Å²) in [5.74, 6) is 0.373. The Hall–Kier alpha value is -1.99. The van der Waals surface area contributed by atoms with Crippen LogP contribution in [0.3, 0.4) is 0 Å². The van der Waals surface area contributed by atoms with Crippen molar-refractivity contribution in [1.29, 1.82) is 0 Å². The van der Waals surface area contributed by atoms with Crippen molar-refractivity contribution in [3.05, 3.63) is 69.9 Å². The van der Waals surface area contributed by atoms with Crippen molar-refractivity contribution in [1.82, 2.24) is 9.96 Å². The van der Waals surface area contributed by atoms with Gasteiger partial charge in [0.2, 0.25) is 0 Å². The summed E-state index contributed by atoms with van der Waals surface area (Å²) in [6, 6.07) is 13.5. The van der Waals surface area contributed by atoms with Gasteiger partial charge in [-0.3, -0.25) is 0 Å². The molecule has 0 aromatic heterocycles. The molecule has 1 aliphatic rings. The van der Waals surface area contributed by atoms with Crippen molar-refractivity contribution in [2.75, 3.05) is 6.54 Å². The average molecular weight is 517 g/mol. The normalized spacial score (nSPS) is 18.2. The maximum atomic E-state index is 12.5. The predicted molar refractivity (Wildman–Crippen MR) is 150 cm³/mol. The minimum Gasteiger partial charge on any atom is -0.352 e. The highest BCUT2D eigenvalue weighted by Gasteiger charge is 2.49. The fourth-order valence-corrected chi connectivity index (χ4v) is 5.75. The Morgan fingerprint density at radius 1 is 1.11 bits per heavy atom. The van der Waals surface area contributed by atoms with E-state index in [-0.39, 0.29) is 14.8 Å². The second kappa shape index (κ2) is 10.2. The number of allylic oxidation sites excluding steroid dienone is 1. The number of fused-ring (bicyclic) bond motifs is 1. The fraction of sp³-hybridized carbons (Fsp3) is 0.464. The van der Waals surface area contributed by atoms with E-state index in [4.69, 9.17) is 17.3 Å². The molecular formula is C28H39ClN3O2S+. The van der Waals surface area contributed by atoms with Crippen molar-refractivity contribution in [2.24, 2.45) is 11.1 Å². The standard InChI is InChI=1S/C28H38ClN3O2S/c1-18(2)20-10-13-23-22(14-20)25(35-27(3,4)5)24(15-28(6,7)17-31-26(30)33)32(23,34)16-19-8-11-21(29)12-9-19/h8-14,18,34H,15-17H2,1-7H3,(H2-,30,31,33)/p+1. The van der Waals surface area contributed by atoms with Crippen LogP contribution in [0, 0.1) is 5.41 Å². The second-order valence-electron chi connectivity index (χ2n) is 11.5. The molecule has 0 spiro atoms. The molecule has 2 aromatic rings. The molecule has 0 aliphatic carbocycles. The fourth-order valence-electron chi connectivity index (χ4n) is 4.39. The minimum atomic E-state index is -0.543. The molecule has 1 heterocycles. The highest BCUT2D eigenvalue weighted by molar-refractivity contribution is 8.09. The van der Waals surface area contributed by atoms with Crippen LogP contribution in [-0.4, -0.2) is 22.5 Å². The topological polar surface area (TPSA) is 75.3 Å². The SMILES string of the molecule is CC(C)c1ccc2c(c1)C(SC(C)(C)C)=C(CC(C)(C)CNC(N)=O)[N+]2(O)Cc1ccc(Cl)cc1. The quantitative estimate of drug-likeness (QED) is 0.315. The van der Waals surface area contributed by atoms with Crippen molar-refractivity contribution >= 4 is 40.0 Å². The Morgan fingerprint density at radius 3 is 2.29 bits per heavy atom. The summed E-state index contributed by atoms with van der Waals surface area (Å²) in [7, 11) is 0. The molecular weight excluding hydrogens is 478 g/mol. The molecule has 2 amide bonds. The number of primary amides is 1. The summed E-state index contributed by atoms with van der Waals surface area (Å²) in [4.78, 5) is 12.6. The number of carbonyl (C=O) groups is 1. The van der Waals surface area contributed by atoms with Crippen LogP contribution < -0.4 is 15.7 Å². The molecule has 0 bridgehead atoms. The van der Waals surface area contributed by atoms with Crippen LogP contribution in [0.25, 0.3) is 4.91 Å². The maximum Gasteiger partial charge on any atom is 0.312 e. The Kier molecular flexibility index (Phi) is 8.02. The van der Waals surface area contributed by atoms with Crippen LogP contribution in [0.1, 0.15) is 77.5 Å². The second-order valence-corrected chi connectivity index (χ2v) is 13.8. The number of nitrogens with zero attached hydrogens (tertiary/aromatic N) is 1. The number of rotatable bonds is 8. The van der Waals surface area contributed by atoms with Gasteiger partial charge in [0.25, 0.3) is 0 Å². The molecule has 3 rings (SSSR count). The number of quaternary nitrogens is 1. The Balaban J connectivity index is 2.21. The third-order valence-corrected chi connectivity index (χ3v) is 7.68. The molecule has 35 heavy (non-hydrogen) atoms. The van der Waals surface area contributed by atoms with Gasteiger partial charge in [0.05, 0.1) is 10.5 Å². The van der Waals surface area contributed by atoms with Crippen LogP contribution in [0.2, 0.25) is 5.02 Å². The summed E-state index contributed by atoms with van der Waals surface area (Å²) in [5.41, 5.74) is 10.2. The molecule has 0 fully saturated rings. The molecule has 190 valence electrons. The van der Waals surface area contributed by atoms with Gasteiger partial charge in [0.15, 0.2) is 11.4 Å². The zero-order chi connectivity index (χ0) is 26.2. The number of nitrogens with two attached hydrogens (primary N) is 1. The Morgan fingerprint density at radius 2 is 1.74 bits per heavy atom. The lowest BCUT2D eigenvalue weighted by atomic mass is 9.87. The first-order valence-electron chi connectivity index (χ1n) is 12.1. The highest BCUT2D eigenvalue weighted by atomic mass is 35.5. The zero-order valence-electron chi connectivity index (χ0n) is 21.9. The summed E-state index contributed by atoms with van der Waals surface area (Å²) in [5, 5.41) is 15.9. The number of carbonyl (C=O) groups excluding carboxylic acids is 1. The smallest absolute Gasteiger partial charge is 0.312 e. The van der Waals surface area contributed by atoms with E-state index in [0.29, 0.717) is 30.5 Å². The van der Waals surface area contributed by atoms with Crippen molar-refractivity contribution in [2.45, 2.75) is 72.1 Å². The van der Waals surface area contributed by atoms with Crippen molar-refractivity contribution in [3.8, 4) is 0 Å². The van der Waals surface area contributed by atoms with Crippen LogP contribution in [-0.2, 0) is 6.54 Å². The van der Waals surface area contributed by atoms with Gasteiger partial charge in [-0.25, -0.2) is 10.0 Å². The lowest BCUT2D eigenvalue weighted by Gasteiger charge is -2.33. The zero-order valence-corrected chi connectivity index (χ0v) is 23.5. The van der Waals surface area contributed by atoms with E-state index in [1.54, 1.807) is 11.8 Å². The Labute approximate surface area is 219 Å². The molecule has 4 N–H and O–H groups in total. The highest BCUT2D eigenvalue weighted by Crippen LogP contribution is 2.55. The van der Waals surface area contributed by atoms with E-state index in [1.807, 2.05) is 24.3 Å². The van der Waals surface area contributed by atoms with Gasteiger partial charge in [-0.15, -0.1) is 16.4 Å². The first-order chi connectivity index (χ1) is 16.1. The molecule has 0 saturated heterocycles. The third kappa shape index (κ3) is 6.62. The van der Waals surface area contributed by atoms with Gasteiger partial charge in [0, 0.05) is 34.4 Å². The number of amides is 2. The molecule has 7 heteroatoms. The number of hydrogen-bond acceptors (Lipinski definition) is 3. The van der Waals surface area contributed by atoms with E-state index >= 15 is 0 Å². The molecule has 5 nitrogen and oxygen atoms in total. The number of thioether (sulfide) groups is 1. The summed E-state index contributed by atoms with van der Waals surface area (Å²) in [6.45, 7) is 15.9. The monoisotopic (exact) mass is 516 g/mol. The minimum absolute atomic E-state index is 0.0588. The first-order valence-corrected chi connectivity index (χ1v) is 13.3. The largest absolute Gasteiger partial charge is 0.352 e. The summed E-state index contributed by atoms with van der Waals surface area (Å²) < 4.78 is -0.357. The van der Waals surface area contributed by atoms with E-state index in [9.17, 15) is 10.0 Å². The summed E-state index contributed by atoms with van der Waals surface area (Å²) >= 11 is 7.92. The van der Waals surface area contributed by atoms with Gasteiger partial charge in [-0.05, 0) is 35.1 Å². The first kappa shape index (κ1) is 27.6. The van der Waals surface area contributed by atoms with Crippen LogP contribution >= 0.6 is 23.4 Å². The number of nitrogens with one attached hydrogen (secondary N) is 1. The van der Waals surface area contributed by atoms with E-state index < -0.39 is 6.03 Å². The molecule has 1 aliphatic heterocycles. The van der Waals surface area contributed by atoms with E-state index in [1.165, 1.54) is 5.56 Å². The summed E-state index contributed by atoms with van der Waals surface area (Å²) in [6.07, 6.45) is 0.585. The predicted octanol–water partition coefficient (Wildman–Crippen LogP) is 7.66. The van der Waals surface area contributed by atoms with Crippen molar-refractivity contribution < 1.29 is 10.0 Å². The number of benzene rings is 2. The number of hydrogen-bond donors (Lipinski definition) is 3. The molecule has 0 saturated carbocycles. The van der Waals surface area contributed by atoms with Crippen LogP contribution in [0.15, 0.2) is 48.2 Å². The third-order valence-electron chi connectivity index (χ3n) is 6.16. The lowest BCUT2D eigenvalue weighted by Crippen LogP contribution is -2.45. The van der Waals surface area contributed by atoms with Gasteiger partial charge in [0.1, 0.15) is 6.54 Å². The van der Waals surface area contributed by atoms with E-state index in [2.05, 4.69) is 72.0 Å². The molecule has 0 radical (unpaired) electrons. The molecule has 1 unspecified atom stereocenters. The molecule has 1 atom stereocenters. The average Bonchev–Trinajstić information content (AvgIpc) is 2.94. The number of hydroxylamine groups is 2. The molecule has 2 aromatic carbocycles. The van der Waals surface area contributed by atoms with Crippen molar-refractivity contribution in [3.63, 3.8) is 0 Å². The van der Waals surface area contributed by atoms with Gasteiger partial charge in [-0.1, -0.05) is 78.3 Å². The maximum absolute atomic E-state index is 12.5. The van der Waals surface area contributed by atoms with Gasteiger partial charge < -0.3 is 11.1 Å². The van der Waals surface area contributed by atoms with Gasteiger partial charge in [-0.2, -0.15) is 0 Å². The number of urea groups is 1. The van der Waals surface area contributed by atoms with E-state index in [0.717, 1.165) is 27.4 Å². The van der Waals surface area contributed by atoms with Gasteiger partial charge >= 0.3 is 6.03 Å². The van der Waals surface area contributed by atoms with Crippen LogP contribution in [0.4, 0.5) is 10.5 Å². The Bertz CT molecular complexity index is 1120. The van der Waals surface area contributed by atoms with Crippen LogP contribution in [0.5, 0.6) is 0 Å². The number of halogens is 1. The lowest BCUT2D eigenvalue weighted by molar-refractivity contribution is -0.0570.